The standard InChI is InChI=1S/C11H8N4OS/c1-7(16)9-4-14-15-5-10(17-11(9)15)8-2-12-6-13-3-8/h2-6H,1H3. The Morgan fingerprint density at radius 2 is 2.06 bits per heavy atom. The molecule has 5 nitrogen and oxygen atoms in total. The number of carbonyl (C=O) groups is 1. The van der Waals surface area contributed by atoms with Gasteiger partial charge in [0.1, 0.15) is 11.2 Å². The molecule has 6 heteroatoms. The SMILES string of the molecule is CC(=O)c1cnn2cc(-c3cncnc3)sc12. The Morgan fingerprint density at radius 1 is 1.29 bits per heavy atom. The van der Waals surface area contributed by atoms with E-state index in [9.17, 15) is 4.79 Å². The number of fused-ring (bicyclic) bond motifs is 1. The molecule has 0 unspecified atom stereocenters. The fourth-order valence-electron chi connectivity index (χ4n) is 1.59. The maximum atomic E-state index is 11.4. The molecule has 0 saturated heterocycles. The van der Waals surface area contributed by atoms with Gasteiger partial charge < -0.3 is 0 Å². The van der Waals surface area contributed by atoms with Crippen molar-refractivity contribution in [2.45, 2.75) is 6.92 Å². The summed E-state index contributed by atoms with van der Waals surface area (Å²) >= 11 is 1.51. The molecule has 0 atom stereocenters. The Kier molecular flexibility index (Phi) is 2.22. The van der Waals surface area contributed by atoms with E-state index in [2.05, 4.69) is 15.1 Å². The molecule has 0 aliphatic carbocycles. The van der Waals surface area contributed by atoms with E-state index in [4.69, 9.17) is 0 Å². The van der Waals surface area contributed by atoms with Gasteiger partial charge in [0, 0.05) is 24.2 Å². The summed E-state index contributed by atoms with van der Waals surface area (Å²) in [4.78, 5) is 21.2. The Morgan fingerprint density at radius 3 is 2.76 bits per heavy atom. The number of Topliss-reactive ketones (excluding diaryl/α,β-unsaturated/α-hetero) is 1. The molecule has 0 spiro atoms. The van der Waals surface area contributed by atoms with E-state index in [0.29, 0.717) is 5.56 Å². The normalized spacial score (nSPS) is 10.9. The van der Waals surface area contributed by atoms with Gasteiger partial charge in [0.05, 0.1) is 16.6 Å². The number of hydrogen-bond acceptors (Lipinski definition) is 5. The molecule has 3 rings (SSSR count). The van der Waals surface area contributed by atoms with Crippen LogP contribution < -0.4 is 0 Å². The number of carbonyl (C=O) groups excluding carboxylic acids is 1. The quantitative estimate of drug-likeness (QED) is 0.647. The Balaban J connectivity index is 2.18. The van der Waals surface area contributed by atoms with E-state index in [1.165, 1.54) is 17.7 Å². The highest BCUT2D eigenvalue weighted by molar-refractivity contribution is 7.21. The molecule has 3 heterocycles. The maximum Gasteiger partial charge on any atom is 0.164 e. The summed E-state index contributed by atoms with van der Waals surface area (Å²) < 4.78 is 1.71. The average Bonchev–Trinajstić information content (AvgIpc) is 2.88. The van der Waals surface area contributed by atoms with Crippen molar-refractivity contribution < 1.29 is 4.79 Å². The zero-order valence-electron chi connectivity index (χ0n) is 8.99. The number of nitrogens with zero attached hydrogens (tertiary/aromatic N) is 4. The molecule has 84 valence electrons. The fraction of sp³-hybridized carbons (Fsp3) is 0.0909. The Bertz CT molecular complexity index is 686. The largest absolute Gasteiger partial charge is 0.294 e. The van der Waals surface area contributed by atoms with Gasteiger partial charge in [0.2, 0.25) is 0 Å². The minimum Gasteiger partial charge on any atom is -0.294 e. The first kappa shape index (κ1) is 10.1. The van der Waals surface area contributed by atoms with Crippen molar-refractivity contribution in [3.63, 3.8) is 0 Å². The second-order valence-corrected chi connectivity index (χ2v) is 4.62. The molecule has 0 aliphatic heterocycles. The number of hydrogen-bond donors (Lipinski definition) is 0. The lowest BCUT2D eigenvalue weighted by Gasteiger charge is -1.92. The third-order valence-corrected chi connectivity index (χ3v) is 3.58. The van der Waals surface area contributed by atoms with Crippen LogP contribution in [0.4, 0.5) is 0 Å². The van der Waals surface area contributed by atoms with Crippen LogP contribution in [0, 0.1) is 0 Å². The molecule has 3 aromatic heterocycles. The molecule has 17 heavy (non-hydrogen) atoms. The lowest BCUT2D eigenvalue weighted by atomic mass is 10.3. The van der Waals surface area contributed by atoms with Gasteiger partial charge in [0.15, 0.2) is 5.78 Å². The van der Waals surface area contributed by atoms with E-state index in [-0.39, 0.29) is 5.78 Å². The molecule has 0 N–H and O–H groups in total. The molecule has 0 aromatic carbocycles. The van der Waals surface area contributed by atoms with Crippen LogP contribution in [-0.4, -0.2) is 25.4 Å². The summed E-state index contributed by atoms with van der Waals surface area (Å²) in [7, 11) is 0. The first-order valence-corrected chi connectivity index (χ1v) is 5.81. The minimum absolute atomic E-state index is 0.0257. The van der Waals surface area contributed by atoms with E-state index < -0.39 is 0 Å². The Labute approximate surface area is 101 Å². The van der Waals surface area contributed by atoms with Crippen LogP contribution in [-0.2, 0) is 0 Å². The van der Waals surface area contributed by atoms with Gasteiger partial charge in [-0.2, -0.15) is 5.10 Å². The van der Waals surface area contributed by atoms with Gasteiger partial charge in [-0.05, 0) is 6.92 Å². The van der Waals surface area contributed by atoms with Crippen molar-refractivity contribution in [1.29, 1.82) is 0 Å². The zero-order valence-corrected chi connectivity index (χ0v) is 9.81. The summed E-state index contributed by atoms with van der Waals surface area (Å²) in [5.41, 5.74) is 1.58. The predicted molar refractivity (Wildman–Crippen MR) is 64.1 cm³/mol. The molecular formula is C11H8N4OS. The summed E-state index contributed by atoms with van der Waals surface area (Å²) in [5.74, 6) is 0.0257. The topological polar surface area (TPSA) is 60.2 Å². The molecular weight excluding hydrogens is 236 g/mol. The van der Waals surface area contributed by atoms with Gasteiger partial charge in [-0.3, -0.25) is 4.79 Å². The van der Waals surface area contributed by atoms with Crippen LogP contribution in [0.25, 0.3) is 15.3 Å². The molecule has 0 saturated carbocycles. The van der Waals surface area contributed by atoms with Crippen LogP contribution >= 0.6 is 11.3 Å². The van der Waals surface area contributed by atoms with Gasteiger partial charge in [0.25, 0.3) is 0 Å². The first-order valence-electron chi connectivity index (χ1n) is 4.99. The van der Waals surface area contributed by atoms with E-state index >= 15 is 0 Å². The average molecular weight is 244 g/mol. The molecule has 3 aromatic rings. The van der Waals surface area contributed by atoms with E-state index in [1.54, 1.807) is 30.0 Å². The van der Waals surface area contributed by atoms with Crippen molar-refractivity contribution in [2.75, 3.05) is 0 Å². The minimum atomic E-state index is 0.0257. The second kappa shape index (κ2) is 3.74. The van der Waals surface area contributed by atoms with Crippen molar-refractivity contribution in [3.8, 4) is 10.4 Å². The Hall–Kier alpha value is -2.08. The highest BCUT2D eigenvalue weighted by atomic mass is 32.1. The summed E-state index contributed by atoms with van der Waals surface area (Å²) in [6.07, 6.45) is 8.45. The maximum absolute atomic E-state index is 11.4. The van der Waals surface area contributed by atoms with Gasteiger partial charge in [-0.15, -0.1) is 11.3 Å². The second-order valence-electron chi connectivity index (χ2n) is 3.59. The lowest BCUT2D eigenvalue weighted by molar-refractivity contribution is 0.101. The van der Waals surface area contributed by atoms with Gasteiger partial charge in [-0.1, -0.05) is 0 Å². The molecule has 0 aliphatic rings. The highest BCUT2D eigenvalue weighted by Gasteiger charge is 2.12. The number of thiazole rings is 1. The lowest BCUT2D eigenvalue weighted by Crippen LogP contribution is -1.87. The summed E-state index contributed by atoms with van der Waals surface area (Å²) in [6, 6.07) is 0. The number of rotatable bonds is 2. The molecule has 0 radical (unpaired) electrons. The van der Waals surface area contributed by atoms with Crippen LogP contribution in [0.2, 0.25) is 0 Å². The number of aromatic nitrogens is 4. The zero-order chi connectivity index (χ0) is 11.8. The smallest absolute Gasteiger partial charge is 0.164 e. The van der Waals surface area contributed by atoms with Crippen molar-refractivity contribution >= 4 is 22.0 Å². The summed E-state index contributed by atoms with van der Waals surface area (Å²) in [6.45, 7) is 1.54. The third-order valence-electron chi connectivity index (χ3n) is 2.42. The van der Waals surface area contributed by atoms with Gasteiger partial charge >= 0.3 is 0 Å². The van der Waals surface area contributed by atoms with Crippen LogP contribution in [0.1, 0.15) is 17.3 Å². The monoisotopic (exact) mass is 244 g/mol. The molecule has 0 amide bonds. The number of ketones is 1. The van der Waals surface area contributed by atoms with Crippen molar-refractivity contribution in [2.24, 2.45) is 0 Å². The fourth-order valence-corrected chi connectivity index (χ4v) is 2.67. The van der Waals surface area contributed by atoms with Crippen LogP contribution in [0.15, 0.2) is 31.1 Å². The molecule has 0 bridgehead atoms. The predicted octanol–water partition coefficient (Wildman–Crippen LogP) is 2.06. The van der Waals surface area contributed by atoms with Crippen LogP contribution in [0.5, 0.6) is 0 Å². The third kappa shape index (κ3) is 1.62. The van der Waals surface area contributed by atoms with Crippen molar-refractivity contribution in [1.82, 2.24) is 19.6 Å². The van der Waals surface area contributed by atoms with Crippen molar-refractivity contribution in [3.05, 3.63) is 36.7 Å². The van der Waals surface area contributed by atoms with Crippen LogP contribution in [0.3, 0.4) is 0 Å². The molecule has 0 fully saturated rings. The first-order chi connectivity index (χ1) is 8.25. The van der Waals surface area contributed by atoms with Gasteiger partial charge in [-0.25, -0.2) is 14.5 Å². The summed E-state index contributed by atoms with van der Waals surface area (Å²) in [5, 5.41) is 4.15. The van der Waals surface area contributed by atoms with E-state index in [1.807, 2.05) is 6.20 Å². The highest BCUT2D eigenvalue weighted by Crippen LogP contribution is 2.29. The van der Waals surface area contributed by atoms with E-state index in [0.717, 1.165) is 15.3 Å².